The fraction of sp³-hybridized carbons (Fsp3) is 0.562. The summed E-state index contributed by atoms with van der Waals surface area (Å²) >= 11 is 0. The van der Waals surface area contributed by atoms with Crippen molar-refractivity contribution in [1.29, 1.82) is 0 Å². The first-order valence-corrected chi connectivity index (χ1v) is 7.68. The van der Waals surface area contributed by atoms with Gasteiger partial charge < -0.3 is 14.6 Å². The van der Waals surface area contributed by atoms with Gasteiger partial charge in [0.15, 0.2) is 11.5 Å². The molecule has 0 bridgehead atoms. The summed E-state index contributed by atoms with van der Waals surface area (Å²) < 4.78 is 49.6. The average molecular weight is 347 g/mol. The number of likely N-dealkylation sites (tertiary alicyclic amines) is 1. The van der Waals surface area contributed by atoms with E-state index in [1.54, 1.807) is 0 Å². The van der Waals surface area contributed by atoms with E-state index in [0.717, 1.165) is 6.42 Å². The fourth-order valence-corrected chi connectivity index (χ4v) is 2.82. The maximum Gasteiger partial charge on any atom is 0.404 e. The van der Waals surface area contributed by atoms with Crippen molar-refractivity contribution in [2.45, 2.75) is 31.5 Å². The predicted molar refractivity (Wildman–Crippen MR) is 80.7 cm³/mol. The molecule has 0 radical (unpaired) electrons. The number of piperidine rings is 1. The number of halogens is 3. The van der Waals surface area contributed by atoms with E-state index >= 15 is 0 Å². The number of rotatable bonds is 6. The minimum Gasteiger partial charge on any atom is -0.493 e. The number of carbonyl (C=O) groups is 1. The van der Waals surface area contributed by atoms with Crippen LogP contribution in [0.1, 0.15) is 29.6 Å². The van der Waals surface area contributed by atoms with E-state index in [9.17, 15) is 18.0 Å². The smallest absolute Gasteiger partial charge is 0.404 e. The molecule has 1 unspecified atom stereocenters. The Morgan fingerprint density at radius 1 is 1.33 bits per heavy atom. The van der Waals surface area contributed by atoms with Gasteiger partial charge in [-0.25, -0.2) is 4.79 Å². The van der Waals surface area contributed by atoms with Gasteiger partial charge in [-0.15, -0.1) is 0 Å². The van der Waals surface area contributed by atoms with Crippen molar-refractivity contribution in [2.24, 2.45) is 0 Å². The zero-order valence-electron chi connectivity index (χ0n) is 13.3. The van der Waals surface area contributed by atoms with Crippen LogP contribution >= 0.6 is 0 Å². The number of carboxylic acid groups (broad SMARTS) is 1. The third kappa shape index (κ3) is 4.53. The average Bonchev–Trinajstić information content (AvgIpc) is 2.54. The van der Waals surface area contributed by atoms with Gasteiger partial charge in [-0.3, -0.25) is 4.90 Å². The molecule has 1 aromatic rings. The van der Waals surface area contributed by atoms with Gasteiger partial charge in [0.25, 0.3) is 0 Å². The monoisotopic (exact) mass is 347 g/mol. The lowest BCUT2D eigenvalue weighted by Crippen LogP contribution is -2.49. The fourth-order valence-electron chi connectivity index (χ4n) is 2.82. The highest BCUT2D eigenvalue weighted by Gasteiger charge is 2.44. The van der Waals surface area contributed by atoms with Gasteiger partial charge in [-0.05, 0) is 37.6 Å². The van der Waals surface area contributed by atoms with Gasteiger partial charge >= 0.3 is 12.1 Å². The van der Waals surface area contributed by atoms with Crippen LogP contribution in [-0.4, -0.2) is 55.0 Å². The second kappa shape index (κ2) is 7.74. The number of carboxylic acids is 1. The van der Waals surface area contributed by atoms with Crippen LogP contribution in [0.15, 0.2) is 18.2 Å². The molecule has 2 rings (SSSR count). The Balaban J connectivity index is 1.97. The molecule has 1 atom stereocenters. The van der Waals surface area contributed by atoms with Gasteiger partial charge in [-0.1, -0.05) is 6.42 Å². The molecule has 1 saturated heterocycles. The van der Waals surface area contributed by atoms with Crippen LogP contribution in [0, 0.1) is 0 Å². The van der Waals surface area contributed by atoms with Gasteiger partial charge in [0, 0.05) is 6.54 Å². The first-order chi connectivity index (χ1) is 11.3. The molecule has 1 aromatic carbocycles. The summed E-state index contributed by atoms with van der Waals surface area (Å²) in [5.74, 6) is -0.551. The van der Waals surface area contributed by atoms with Gasteiger partial charge in [0.05, 0.1) is 12.7 Å². The van der Waals surface area contributed by atoms with Crippen molar-refractivity contribution in [3.63, 3.8) is 0 Å². The summed E-state index contributed by atoms with van der Waals surface area (Å²) in [5, 5.41) is 8.94. The Kier molecular flexibility index (Phi) is 5.93. The van der Waals surface area contributed by atoms with Crippen molar-refractivity contribution >= 4 is 5.97 Å². The molecule has 0 saturated carbocycles. The number of benzene rings is 1. The summed E-state index contributed by atoms with van der Waals surface area (Å²) in [6.07, 6.45) is -2.81. The highest BCUT2D eigenvalue weighted by molar-refractivity contribution is 5.88. The quantitative estimate of drug-likeness (QED) is 0.856. The largest absolute Gasteiger partial charge is 0.493 e. The Morgan fingerprint density at radius 2 is 2.08 bits per heavy atom. The van der Waals surface area contributed by atoms with Crippen LogP contribution in [0.4, 0.5) is 13.2 Å². The molecule has 5 nitrogen and oxygen atoms in total. The molecule has 24 heavy (non-hydrogen) atoms. The molecule has 1 N–H and O–H groups in total. The molecule has 134 valence electrons. The molecule has 0 amide bonds. The third-order valence-electron chi connectivity index (χ3n) is 4.04. The van der Waals surface area contributed by atoms with E-state index in [0.29, 0.717) is 18.7 Å². The van der Waals surface area contributed by atoms with E-state index in [1.165, 1.54) is 30.2 Å². The molecule has 8 heteroatoms. The van der Waals surface area contributed by atoms with Crippen LogP contribution in [-0.2, 0) is 0 Å². The lowest BCUT2D eigenvalue weighted by atomic mass is 10.0. The van der Waals surface area contributed by atoms with Crippen molar-refractivity contribution in [1.82, 2.24) is 4.90 Å². The van der Waals surface area contributed by atoms with Crippen LogP contribution in [0.2, 0.25) is 0 Å². The molecular formula is C16H20F3NO4. The van der Waals surface area contributed by atoms with E-state index in [-0.39, 0.29) is 30.9 Å². The number of hydrogen-bond donors (Lipinski definition) is 1. The summed E-state index contributed by atoms with van der Waals surface area (Å²) in [5.41, 5.74) is 0.0485. The lowest BCUT2D eigenvalue weighted by molar-refractivity contribution is -0.191. The molecule has 0 aliphatic carbocycles. The summed E-state index contributed by atoms with van der Waals surface area (Å²) in [7, 11) is 1.37. The van der Waals surface area contributed by atoms with E-state index in [4.69, 9.17) is 14.6 Å². The zero-order valence-corrected chi connectivity index (χ0v) is 13.3. The number of nitrogens with zero attached hydrogens (tertiary/aromatic N) is 1. The first-order valence-electron chi connectivity index (χ1n) is 7.68. The minimum absolute atomic E-state index is 0.0485. The molecule has 1 fully saturated rings. The van der Waals surface area contributed by atoms with Crippen LogP contribution in [0.5, 0.6) is 11.5 Å². The Labute approximate surface area is 138 Å². The SMILES string of the molecule is COc1cc(C(=O)O)ccc1OCCN1CCCCC1C(F)(F)F. The second-order valence-corrected chi connectivity index (χ2v) is 5.61. The Hall–Kier alpha value is -1.96. The highest BCUT2D eigenvalue weighted by atomic mass is 19.4. The van der Waals surface area contributed by atoms with Crippen molar-refractivity contribution < 1.29 is 32.5 Å². The third-order valence-corrected chi connectivity index (χ3v) is 4.04. The number of ether oxygens (including phenoxy) is 2. The van der Waals surface area contributed by atoms with Crippen LogP contribution < -0.4 is 9.47 Å². The zero-order chi connectivity index (χ0) is 17.7. The maximum absolute atomic E-state index is 13.0. The first kappa shape index (κ1) is 18.4. The van der Waals surface area contributed by atoms with Crippen LogP contribution in [0.3, 0.4) is 0 Å². The highest BCUT2D eigenvalue weighted by Crippen LogP contribution is 2.32. The van der Waals surface area contributed by atoms with Crippen LogP contribution in [0.25, 0.3) is 0 Å². The second-order valence-electron chi connectivity index (χ2n) is 5.61. The maximum atomic E-state index is 13.0. The summed E-state index contributed by atoms with van der Waals surface area (Å²) in [4.78, 5) is 12.3. The molecule has 0 aromatic heterocycles. The number of hydrogen-bond acceptors (Lipinski definition) is 4. The standard InChI is InChI=1S/C16H20F3NO4/c1-23-13-10-11(15(21)22)5-6-12(13)24-9-8-20-7-3-2-4-14(20)16(17,18)19/h5-6,10,14H,2-4,7-9H2,1H3,(H,21,22). The van der Waals surface area contributed by atoms with Crippen molar-refractivity contribution in [3.05, 3.63) is 23.8 Å². The number of methoxy groups -OCH3 is 1. The minimum atomic E-state index is -4.23. The molecular weight excluding hydrogens is 327 g/mol. The van der Waals surface area contributed by atoms with Crippen molar-refractivity contribution in [3.8, 4) is 11.5 Å². The van der Waals surface area contributed by atoms with Gasteiger partial charge in [-0.2, -0.15) is 13.2 Å². The Bertz CT molecular complexity index is 577. The molecule has 1 heterocycles. The molecule has 1 aliphatic rings. The lowest BCUT2D eigenvalue weighted by Gasteiger charge is -2.36. The normalized spacial score (nSPS) is 19.1. The molecule has 1 aliphatic heterocycles. The Morgan fingerprint density at radius 3 is 2.71 bits per heavy atom. The van der Waals surface area contributed by atoms with Crippen molar-refractivity contribution in [2.75, 3.05) is 26.8 Å². The van der Waals surface area contributed by atoms with Gasteiger partial charge in [0.1, 0.15) is 12.6 Å². The number of aromatic carboxylic acids is 1. The van der Waals surface area contributed by atoms with E-state index < -0.39 is 18.2 Å². The molecule has 0 spiro atoms. The number of alkyl halides is 3. The topological polar surface area (TPSA) is 59.0 Å². The summed E-state index contributed by atoms with van der Waals surface area (Å²) in [6.45, 7) is 0.603. The van der Waals surface area contributed by atoms with E-state index in [2.05, 4.69) is 0 Å². The summed E-state index contributed by atoms with van der Waals surface area (Å²) in [6, 6.07) is 2.70. The predicted octanol–water partition coefficient (Wildman–Crippen LogP) is 3.19. The van der Waals surface area contributed by atoms with E-state index in [1.807, 2.05) is 0 Å². The van der Waals surface area contributed by atoms with Gasteiger partial charge in [0.2, 0.25) is 0 Å².